The van der Waals surface area contributed by atoms with Crippen molar-refractivity contribution in [2.24, 2.45) is 0 Å². The minimum Gasteiger partial charge on any atom is -0.358 e. The number of anilines is 2. The summed E-state index contributed by atoms with van der Waals surface area (Å²) >= 11 is 0. The van der Waals surface area contributed by atoms with Gasteiger partial charge in [-0.3, -0.25) is 4.90 Å². The standard InChI is InChI=1S/C49H47N5/c1-5-8-22-43-33(4)39-19-9-12-23-44(39)52(43)37-28-26-34(27-29-37)48-51-47-40(30-31-50-49(47)54(48)36(7-3)16-6-2)35-17-15-18-38(32-35)53-45-24-13-10-20-41(45)42-21-11-14-25-46(42)53/h6-8,10,12-18,20,22-32,48,51H,5,9,11,19,21H2,1-4H3/b16-6-,22-8-,36-7+. The number of allylic oxidation sites excluding steroid dienone is 6. The number of aryl methyl sites for hydroxylation is 1. The van der Waals surface area contributed by atoms with Crippen molar-refractivity contribution < 1.29 is 0 Å². The van der Waals surface area contributed by atoms with Crippen molar-refractivity contribution in [2.75, 3.05) is 10.2 Å². The van der Waals surface area contributed by atoms with Gasteiger partial charge in [0.05, 0.1) is 11.2 Å². The number of aromatic nitrogens is 3. The van der Waals surface area contributed by atoms with E-state index >= 15 is 0 Å². The summed E-state index contributed by atoms with van der Waals surface area (Å²) in [7, 11) is 0. The zero-order valence-electron chi connectivity index (χ0n) is 31.7. The highest BCUT2D eigenvalue weighted by Crippen LogP contribution is 2.48. The predicted octanol–water partition coefficient (Wildman–Crippen LogP) is 12.5. The van der Waals surface area contributed by atoms with E-state index in [-0.39, 0.29) is 6.17 Å². The Kier molecular flexibility index (Phi) is 8.78. The second-order valence-electron chi connectivity index (χ2n) is 14.4. The fourth-order valence-corrected chi connectivity index (χ4v) is 8.81. The smallest absolute Gasteiger partial charge is 0.159 e. The number of rotatable bonds is 8. The summed E-state index contributed by atoms with van der Waals surface area (Å²) in [6, 6.07) is 29.1. The Morgan fingerprint density at radius 1 is 0.852 bits per heavy atom. The molecule has 1 N–H and O–H groups in total. The van der Waals surface area contributed by atoms with Crippen LogP contribution in [0, 0.1) is 6.92 Å². The summed E-state index contributed by atoms with van der Waals surface area (Å²) in [5, 5.41) is 5.31. The molecule has 0 fully saturated rings. The van der Waals surface area contributed by atoms with E-state index in [1.54, 1.807) is 0 Å². The molecule has 0 spiro atoms. The van der Waals surface area contributed by atoms with E-state index in [4.69, 9.17) is 4.98 Å². The molecule has 3 aliphatic rings. The number of pyridine rings is 1. The summed E-state index contributed by atoms with van der Waals surface area (Å²) in [4.78, 5) is 7.38. The van der Waals surface area contributed by atoms with E-state index in [1.165, 1.54) is 55.9 Å². The molecule has 5 nitrogen and oxygen atoms in total. The lowest BCUT2D eigenvalue weighted by molar-refractivity contribution is 0.791. The highest BCUT2D eigenvalue weighted by molar-refractivity contribution is 5.93. The van der Waals surface area contributed by atoms with Gasteiger partial charge in [-0.2, -0.15) is 0 Å². The molecule has 4 heterocycles. The number of benzene rings is 3. The highest BCUT2D eigenvalue weighted by Gasteiger charge is 2.35. The molecule has 0 bridgehead atoms. The van der Waals surface area contributed by atoms with E-state index in [9.17, 15) is 0 Å². The first-order chi connectivity index (χ1) is 26.6. The van der Waals surface area contributed by atoms with E-state index in [0.29, 0.717) is 0 Å². The zero-order chi connectivity index (χ0) is 36.8. The van der Waals surface area contributed by atoms with E-state index in [2.05, 4.69) is 181 Å². The maximum absolute atomic E-state index is 5.04. The molecule has 0 saturated carbocycles. The van der Waals surface area contributed by atoms with Crippen molar-refractivity contribution in [3.05, 3.63) is 167 Å². The van der Waals surface area contributed by atoms with E-state index in [1.807, 2.05) is 6.20 Å². The molecule has 0 saturated heterocycles. The third kappa shape index (κ3) is 5.49. The molecule has 3 aromatic carbocycles. The van der Waals surface area contributed by atoms with Crippen LogP contribution < -0.4 is 10.2 Å². The average Bonchev–Trinajstić information content (AvgIpc) is 3.87. The molecule has 5 heteroatoms. The molecule has 1 atom stereocenters. The van der Waals surface area contributed by atoms with Gasteiger partial charge in [0.1, 0.15) is 6.17 Å². The number of nitrogens with one attached hydrogen (secondary N) is 1. The second-order valence-corrected chi connectivity index (χ2v) is 14.4. The first-order valence-electron chi connectivity index (χ1n) is 19.5. The van der Waals surface area contributed by atoms with Crippen LogP contribution in [-0.2, 0) is 12.8 Å². The van der Waals surface area contributed by atoms with Gasteiger partial charge in [0.15, 0.2) is 5.82 Å². The Balaban J connectivity index is 1.13. The first kappa shape index (κ1) is 33.7. The van der Waals surface area contributed by atoms with Crippen LogP contribution in [0.2, 0.25) is 0 Å². The SMILES string of the molecule is C/C=C\C(=C/C)N1c2nccc(-c3cccc(-n4c5c(c6ccccc64)CCC=C5)c3)c2NC1c1ccc(-n2c3c(c(C)c2/C=C\CC)CCC=C3)cc1. The van der Waals surface area contributed by atoms with Crippen LogP contribution in [0.25, 0.3) is 51.6 Å². The summed E-state index contributed by atoms with van der Waals surface area (Å²) in [5.41, 5.74) is 17.4. The van der Waals surface area contributed by atoms with Gasteiger partial charge in [-0.1, -0.05) is 79.8 Å². The normalized spacial score (nSPS) is 16.4. The number of nitrogens with zero attached hydrogens (tertiary/aromatic N) is 4. The Labute approximate surface area is 319 Å². The van der Waals surface area contributed by atoms with Crippen molar-refractivity contribution in [3.63, 3.8) is 0 Å². The van der Waals surface area contributed by atoms with Gasteiger partial charge in [0.2, 0.25) is 0 Å². The van der Waals surface area contributed by atoms with Gasteiger partial charge in [0.25, 0.3) is 0 Å². The molecule has 0 amide bonds. The van der Waals surface area contributed by atoms with Crippen molar-refractivity contribution in [1.82, 2.24) is 14.1 Å². The van der Waals surface area contributed by atoms with Gasteiger partial charge < -0.3 is 14.5 Å². The lowest BCUT2D eigenvalue weighted by Gasteiger charge is -2.27. The molecule has 54 heavy (non-hydrogen) atoms. The molecule has 9 rings (SSSR count). The second kappa shape index (κ2) is 14.1. The van der Waals surface area contributed by atoms with Crippen LogP contribution in [0.3, 0.4) is 0 Å². The van der Waals surface area contributed by atoms with Crippen LogP contribution in [-0.4, -0.2) is 14.1 Å². The van der Waals surface area contributed by atoms with Gasteiger partial charge in [-0.05, 0) is 141 Å². The van der Waals surface area contributed by atoms with Crippen molar-refractivity contribution in [2.45, 2.75) is 66.0 Å². The minimum atomic E-state index is -0.140. The molecular formula is C49H47N5. The molecule has 268 valence electrons. The van der Waals surface area contributed by atoms with Gasteiger partial charge in [-0.25, -0.2) is 4.98 Å². The van der Waals surface area contributed by atoms with Crippen LogP contribution in [0.5, 0.6) is 0 Å². The van der Waals surface area contributed by atoms with Crippen LogP contribution in [0.15, 0.2) is 127 Å². The third-order valence-corrected chi connectivity index (χ3v) is 11.3. The number of para-hydroxylation sites is 1. The van der Waals surface area contributed by atoms with Crippen molar-refractivity contribution in [1.29, 1.82) is 0 Å². The van der Waals surface area contributed by atoms with Gasteiger partial charge in [-0.15, -0.1) is 0 Å². The van der Waals surface area contributed by atoms with Gasteiger partial charge >= 0.3 is 0 Å². The van der Waals surface area contributed by atoms with Crippen LogP contribution >= 0.6 is 0 Å². The summed E-state index contributed by atoms with van der Waals surface area (Å²) in [6.45, 7) is 8.66. The predicted molar refractivity (Wildman–Crippen MR) is 228 cm³/mol. The van der Waals surface area contributed by atoms with Gasteiger partial charge in [0, 0.05) is 51.3 Å². The Hall–Kier alpha value is -6.07. The lowest BCUT2D eigenvalue weighted by Crippen LogP contribution is -2.27. The molecule has 3 aromatic heterocycles. The van der Waals surface area contributed by atoms with Crippen molar-refractivity contribution >= 4 is 40.6 Å². The zero-order valence-corrected chi connectivity index (χ0v) is 31.7. The largest absolute Gasteiger partial charge is 0.358 e. The average molecular weight is 706 g/mol. The Bertz CT molecular complexity index is 2550. The Morgan fingerprint density at radius 2 is 1.63 bits per heavy atom. The number of hydrogen-bond acceptors (Lipinski definition) is 3. The topological polar surface area (TPSA) is 38.0 Å². The van der Waals surface area contributed by atoms with Crippen molar-refractivity contribution in [3.8, 4) is 22.5 Å². The summed E-state index contributed by atoms with van der Waals surface area (Å²) in [5.74, 6) is 0.928. The molecule has 1 unspecified atom stereocenters. The maximum atomic E-state index is 5.04. The van der Waals surface area contributed by atoms with Crippen LogP contribution in [0.1, 0.15) is 85.5 Å². The van der Waals surface area contributed by atoms with E-state index in [0.717, 1.165) is 66.1 Å². The number of fused-ring (bicyclic) bond motifs is 5. The lowest BCUT2D eigenvalue weighted by atomic mass is 10.00. The summed E-state index contributed by atoms with van der Waals surface area (Å²) < 4.78 is 4.87. The molecule has 1 aliphatic heterocycles. The molecular weight excluding hydrogens is 659 g/mol. The maximum Gasteiger partial charge on any atom is 0.159 e. The van der Waals surface area contributed by atoms with E-state index < -0.39 is 0 Å². The third-order valence-electron chi connectivity index (χ3n) is 11.3. The quantitative estimate of drug-likeness (QED) is 0.160. The molecule has 2 aliphatic carbocycles. The first-order valence-corrected chi connectivity index (χ1v) is 19.5. The fourth-order valence-electron chi connectivity index (χ4n) is 8.81. The Morgan fingerprint density at radius 3 is 2.41 bits per heavy atom. The fraction of sp³-hybridized carbons (Fsp3) is 0.204. The summed E-state index contributed by atoms with van der Waals surface area (Å²) in [6.07, 6.45) is 27.4. The molecule has 0 radical (unpaired) electrons. The minimum absolute atomic E-state index is 0.140. The van der Waals surface area contributed by atoms with Crippen LogP contribution in [0.4, 0.5) is 11.5 Å². The molecule has 6 aromatic rings. The number of hydrogen-bond donors (Lipinski definition) is 1. The monoisotopic (exact) mass is 705 g/mol. The highest BCUT2D eigenvalue weighted by atomic mass is 15.4.